The number of aliphatic hydroxyl groups is 1. The van der Waals surface area contributed by atoms with E-state index in [1.165, 1.54) is 0 Å². The number of aliphatic carboxylic acids is 2. The van der Waals surface area contributed by atoms with Crippen LogP contribution in [0.15, 0.2) is 0 Å². The van der Waals surface area contributed by atoms with Gasteiger partial charge in [-0.25, -0.2) is 4.79 Å². The predicted octanol–water partition coefficient (Wildman–Crippen LogP) is 0.179. The first-order chi connectivity index (χ1) is 4.04. The summed E-state index contributed by atoms with van der Waals surface area (Å²) in [6, 6.07) is 0. The molecule has 5 heteroatoms. The van der Waals surface area contributed by atoms with Gasteiger partial charge in [-0.05, 0) is 0 Å². The van der Waals surface area contributed by atoms with E-state index in [4.69, 9.17) is 15.3 Å². The van der Waals surface area contributed by atoms with E-state index in [1.54, 1.807) is 0 Å². The number of aliphatic hydroxyl groups excluding tert-OH is 1. The molecular formula is C6H14O5. The van der Waals surface area contributed by atoms with E-state index in [9.17, 15) is 9.59 Å². The fourth-order valence-corrected chi connectivity index (χ4v) is 0.253. The van der Waals surface area contributed by atoms with Crippen LogP contribution in [0.5, 0.6) is 0 Å². The molecule has 0 aromatic carbocycles. The highest BCUT2D eigenvalue weighted by Gasteiger charge is 2.16. The van der Waals surface area contributed by atoms with Crippen LogP contribution in [0.1, 0.15) is 21.3 Å². The average molecular weight is 166 g/mol. The van der Waals surface area contributed by atoms with Crippen molar-refractivity contribution in [1.29, 1.82) is 0 Å². The second-order valence-corrected chi connectivity index (χ2v) is 1.45. The molecule has 3 N–H and O–H groups in total. The van der Waals surface area contributed by atoms with Gasteiger partial charge in [-0.1, -0.05) is 14.9 Å². The Hall–Kier alpha value is -1.10. The Balaban J connectivity index is -0.000000320. The van der Waals surface area contributed by atoms with Gasteiger partial charge < -0.3 is 15.3 Å². The van der Waals surface area contributed by atoms with Crippen LogP contribution in [0.2, 0.25) is 0 Å². The SMILES string of the molecule is C.C.O=C(O)CC(O)C(=O)O. The maximum Gasteiger partial charge on any atom is 0.333 e. The molecule has 0 aliphatic heterocycles. The number of rotatable bonds is 3. The van der Waals surface area contributed by atoms with E-state index in [-0.39, 0.29) is 14.9 Å². The average Bonchev–Trinajstić information content (AvgIpc) is 1.63. The highest BCUT2D eigenvalue weighted by Crippen LogP contribution is 1.89. The minimum Gasteiger partial charge on any atom is -0.481 e. The first-order valence-corrected chi connectivity index (χ1v) is 2.16. The van der Waals surface area contributed by atoms with Gasteiger partial charge in [0.1, 0.15) is 0 Å². The smallest absolute Gasteiger partial charge is 0.333 e. The number of carbonyl (C=O) groups is 2. The number of carboxylic acid groups (broad SMARTS) is 2. The van der Waals surface area contributed by atoms with Gasteiger partial charge in [-0.15, -0.1) is 0 Å². The number of hydrogen-bond donors (Lipinski definition) is 3. The Morgan fingerprint density at radius 3 is 1.64 bits per heavy atom. The van der Waals surface area contributed by atoms with Gasteiger partial charge in [0.25, 0.3) is 0 Å². The molecule has 0 amide bonds. The molecule has 0 aromatic heterocycles. The molecule has 0 aliphatic carbocycles. The molecule has 0 heterocycles. The van der Waals surface area contributed by atoms with Gasteiger partial charge in [-0.2, -0.15) is 0 Å². The quantitative estimate of drug-likeness (QED) is 0.555. The molecule has 0 aliphatic rings. The Morgan fingerprint density at radius 1 is 1.18 bits per heavy atom. The Kier molecular flexibility index (Phi) is 10.5. The Labute approximate surface area is 65.3 Å². The summed E-state index contributed by atoms with van der Waals surface area (Å²) in [7, 11) is 0. The molecule has 0 saturated heterocycles. The van der Waals surface area contributed by atoms with Gasteiger partial charge in [-0.3, -0.25) is 4.79 Å². The molecule has 0 spiro atoms. The molecule has 68 valence electrons. The minimum atomic E-state index is -1.79. The van der Waals surface area contributed by atoms with Crippen LogP contribution in [-0.4, -0.2) is 33.4 Å². The first-order valence-electron chi connectivity index (χ1n) is 2.16. The monoisotopic (exact) mass is 166 g/mol. The molecule has 0 bridgehead atoms. The Bertz CT molecular complexity index is 131. The van der Waals surface area contributed by atoms with E-state index in [1.807, 2.05) is 0 Å². The molecular weight excluding hydrogens is 152 g/mol. The summed E-state index contributed by atoms with van der Waals surface area (Å²) in [4.78, 5) is 19.4. The van der Waals surface area contributed by atoms with Crippen molar-refractivity contribution in [3.05, 3.63) is 0 Å². The zero-order valence-corrected chi connectivity index (χ0v) is 4.44. The van der Waals surface area contributed by atoms with Gasteiger partial charge in [0.2, 0.25) is 0 Å². The van der Waals surface area contributed by atoms with Gasteiger partial charge >= 0.3 is 11.9 Å². The van der Waals surface area contributed by atoms with E-state index in [2.05, 4.69) is 0 Å². The van der Waals surface area contributed by atoms with Crippen molar-refractivity contribution in [3.8, 4) is 0 Å². The lowest BCUT2D eigenvalue weighted by molar-refractivity contribution is -0.152. The molecule has 0 aromatic rings. The number of hydrogen-bond acceptors (Lipinski definition) is 3. The Morgan fingerprint density at radius 2 is 1.55 bits per heavy atom. The zero-order chi connectivity index (χ0) is 7.44. The molecule has 5 nitrogen and oxygen atoms in total. The lowest BCUT2D eigenvalue weighted by Gasteiger charge is -1.97. The summed E-state index contributed by atoms with van der Waals surface area (Å²) in [5, 5.41) is 24.1. The van der Waals surface area contributed by atoms with Crippen LogP contribution in [0, 0.1) is 0 Å². The molecule has 0 fully saturated rings. The van der Waals surface area contributed by atoms with Crippen molar-refractivity contribution in [3.63, 3.8) is 0 Å². The second kappa shape index (κ2) is 7.01. The lowest BCUT2D eigenvalue weighted by atomic mass is 10.3. The van der Waals surface area contributed by atoms with Crippen molar-refractivity contribution in [2.75, 3.05) is 0 Å². The number of carboxylic acids is 2. The molecule has 11 heavy (non-hydrogen) atoms. The molecule has 1 atom stereocenters. The molecule has 0 radical (unpaired) electrons. The third-order valence-electron chi connectivity index (χ3n) is 0.653. The predicted molar refractivity (Wildman–Crippen MR) is 39.4 cm³/mol. The summed E-state index contributed by atoms with van der Waals surface area (Å²) in [6.45, 7) is 0. The topological polar surface area (TPSA) is 94.8 Å². The van der Waals surface area contributed by atoms with Gasteiger partial charge in [0, 0.05) is 0 Å². The second-order valence-electron chi connectivity index (χ2n) is 1.45. The van der Waals surface area contributed by atoms with Crippen molar-refractivity contribution in [2.24, 2.45) is 0 Å². The largest absolute Gasteiger partial charge is 0.481 e. The standard InChI is InChI=1S/C4H6O5.2CH4/c5-2(4(8)9)1-3(6)7;;/h2,5H,1H2,(H,6,7)(H,8,9);2*1H4. The lowest BCUT2D eigenvalue weighted by Crippen LogP contribution is -2.22. The van der Waals surface area contributed by atoms with Crippen LogP contribution in [-0.2, 0) is 9.59 Å². The summed E-state index contributed by atoms with van der Waals surface area (Å²) in [5.74, 6) is -2.85. The maximum atomic E-state index is 9.72. The van der Waals surface area contributed by atoms with Crippen LogP contribution in [0.3, 0.4) is 0 Å². The minimum absolute atomic E-state index is 0. The van der Waals surface area contributed by atoms with Crippen LogP contribution < -0.4 is 0 Å². The molecule has 0 rings (SSSR count). The van der Waals surface area contributed by atoms with Crippen molar-refractivity contribution < 1.29 is 24.9 Å². The summed E-state index contributed by atoms with van der Waals surface area (Å²) in [5.41, 5.74) is 0. The first kappa shape index (κ1) is 16.5. The van der Waals surface area contributed by atoms with Crippen molar-refractivity contribution in [2.45, 2.75) is 27.4 Å². The van der Waals surface area contributed by atoms with Gasteiger partial charge in [0.05, 0.1) is 6.42 Å². The van der Waals surface area contributed by atoms with E-state index >= 15 is 0 Å². The third kappa shape index (κ3) is 8.90. The summed E-state index contributed by atoms with van der Waals surface area (Å²) < 4.78 is 0. The normalized spacial score (nSPS) is 10.3. The van der Waals surface area contributed by atoms with E-state index in [0.29, 0.717) is 0 Å². The van der Waals surface area contributed by atoms with Crippen molar-refractivity contribution >= 4 is 11.9 Å². The third-order valence-corrected chi connectivity index (χ3v) is 0.653. The van der Waals surface area contributed by atoms with Crippen LogP contribution in [0.25, 0.3) is 0 Å². The van der Waals surface area contributed by atoms with Crippen molar-refractivity contribution in [1.82, 2.24) is 0 Å². The van der Waals surface area contributed by atoms with Crippen LogP contribution in [0.4, 0.5) is 0 Å². The molecule has 0 saturated carbocycles. The summed E-state index contributed by atoms with van der Waals surface area (Å²) in [6.07, 6.45) is -2.54. The fraction of sp³-hybridized carbons (Fsp3) is 0.667. The zero-order valence-electron chi connectivity index (χ0n) is 4.44. The van der Waals surface area contributed by atoms with Crippen LogP contribution >= 0.6 is 0 Å². The highest BCUT2D eigenvalue weighted by molar-refractivity contribution is 5.79. The fourth-order valence-electron chi connectivity index (χ4n) is 0.253. The summed E-state index contributed by atoms with van der Waals surface area (Å²) >= 11 is 0. The molecule has 1 unspecified atom stereocenters. The van der Waals surface area contributed by atoms with Gasteiger partial charge in [0.15, 0.2) is 6.10 Å². The highest BCUT2D eigenvalue weighted by atomic mass is 16.4. The van der Waals surface area contributed by atoms with E-state index in [0.717, 1.165) is 0 Å². The van der Waals surface area contributed by atoms with E-state index < -0.39 is 24.5 Å². The maximum absolute atomic E-state index is 9.72.